The SMILES string of the molecule is Nc1cc(C#Cc2ccccc2)c(-c2cc(O)c(N)cc2C#Cc2ccccc2)cc1O. The van der Waals surface area contributed by atoms with Crippen molar-refractivity contribution in [1.29, 1.82) is 0 Å². The molecule has 0 bridgehead atoms. The summed E-state index contributed by atoms with van der Waals surface area (Å²) >= 11 is 0. The maximum atomic E-state index is 10.3. The number of nitrogen functional groups attached to an aromatic ring is 2. The number of phenols is 2. The third-order valence-corrected chi connectivity index (χ3v) is 4.85. The highest BCUT2D eigenvalue weighted by molar-refractivity contribution is 5.83. The van der Waals surface area contributed by atoms with E-state index in [1.807, 2.05) is 60.7 Å². The van der Waals surface area contributed by atoms with E-state index in [1.54, 1.807) is 12.1 Å². The zero-order valence-electron chi connectivity index (χ0n) is 17.1. The van der Waals surface area contributed by atoms with Crippen LogP contribution in [0.25, 0.3) is 11.1 Å². The summed E-state index contributed by atoms with van der Waals surface area (Å²) in [6.07, 6.45) is 0. The average Bonchev–Trinajstić information content (AvgIpc) is 2.81. The van der Waals surface area contributed by atoms with Crippen LogP contribution in [0.1, 0.15) is 22.3 Å². The molecule has 32 heavy (non-hydrogen) atoms. The van der Waals surface area contributed by atoms with E-state index >= 15 is 0 Å². The van der Waals surface area contributed by atoms with Crippen molar-refractivity contribution in [2.75, 3.05) is 11.5 Å². The summed E-state index contributed by atoms with van der Waals surface area (Å²) in [5, 5.41) is 20.6. The smallest absolute Gasteiger partial charge is 0.139 e. The Morgan fingerprint density at radius 2 is 0.875 bits per heavy atom. The molecule has 0 aliphatic heterocycles. The molecule has 4 aromatic carbocycles. The quantitative estimate of drug-likeness (QED) is 0.205. The number of hydrogen-bond acceptors (Lipinski definition) is 4. The number of hydrogen-bond donors (Lipinski definition) is 4. The second kappa shape index (κ2) is 8.92. The lowest BCUT2D eigenvalue weighted by molar-refractivity contribution is 0.477. The number of rotatable bonds is 1. The lowest BCUT2D eigenvalue weighted by atomic mass is 9.93. The Bertz CT molecular complexity index is 1290. The largest absolute Gasteiger partial charge is 0.506 e. The van der Waals surface area contributed by atoms with Crippen molar-refractivity contribution in [3.63, 3.8) is 0 Å². The fraction of sp³-hybridized carbons (Fsp3) is 0. The summed E-state index contributed by atoms with van der Waals surface area (Å²) in [7, 11) is 0. The Labute approximate surface area is 186 Å². The summed E-state index contributed by atoms with van der Waals surface area (Å²) in [6.45, 7) is 0. The molecule has 0 fully saturated rings. The molecular weight excluding hydrogens is 396 g/mol. The first-order valence-corrected chi connectivity index (χ1v) is 9.91. The summed E-state index contributed by atoms with van der Waals surface area (Å²) in [4.78, 5) is 0. The molecule has 0 atom stereocenters. The maximum Gasteiger partial charge on any atom is 0.139 e. The molecule has 0 heterocycles. The monoisotopic (exact) mass is 416 g/mol. The lowest BCUT2D eigenvalue weighted by Crippen LogP contribution is -1.95. The van der Waals surface area contributed by atoms with E-state index in [-0.39, 0.29) is 22.9 Å². The predicted octanol–water partition coefficient (Wildman–Crippen LogP) is 4.73. The summed E-state index contributed by atoms with van der Waals surface area (Å²) in [6, 6.07) is 25.4. The molecule has 0 unspecified atom stereocenters. The van der Waals surface area contributed by atoms with Crippen molar-refractivity contribution in [3.05, 3.63) is 107 Å². The highest BCUT2D eigenvalue weighted by atomic mass is 16.3. The Hall–Kier alpha value is -4.80. The molecule has 0 radical (unpaired) electrons. The first kappa shape index (κ1) is 20.5. The number of aromatic hydroxyl groups is 2. The van der Waals surface area contributed by atoms with Crippen LogP contribution in [0, 0.1) is 23.7 Å². The van der Waals surface area contributed by atoms with Gasteiger partial charge in [-0.2, -0.15) is 0 Å². The number of nitrogens with two attached hydrogens (primary N) is 2. The third kappa shape index (κ3) is 4.51. The van der Waals surface area contributed by atoms with Gasteiger partial charge in [0.15, 0.2) is 0 Å². The van der Waals surface area contributed by atoms with Gasteiger partial charge in [0.25, 0.3) is 0 Å². The van der Waals surface area contributed by atoms with Gasteiger partial charge in [-0.05, 0) is 48.5 Å². The molecule has 6 N–H and O–H groups in total. The number of phenolic OH excluding ortho intramolecular Hbond substituents is 2. The number of anilines is 2. The van der Waals surface area contributed by atoms with Crippen LogP contribution in [-0.4, -0.2) is 10.2 Å². The van der Waals surface area contributed by atoms with Gasteiger partial charge in [0, 0.05) is 33.4 Å². The zero-order chi connectivity index (χ0) is 22.5. The third-order valence-electron chi connectivity index (χ3n) is 4.85. The fourth-order valence-corrected chi connectivity index (χ4v) is 3.18. The first-order valence-electron chi connectivity index (χ1n) is 9.91. The molecule has 0 spiro atoms. The molecule has 4 heteroatoms. The second-order valence-corrected chi connectivity index (χ2v) is 7.15. The topological polar surface area (TPSA) is 92.5 Å². The summed E-state index contributed by atoms with van der Waals surface area (Å²) in [5.41, 5.74) is 16.4. The van der Waals surface area contributed by atoms with Crippen molar-refractivity contribution in [3.8, 4) is 46.3 Å². The minimum Gasteiger partial charge on any atom is -0.506 e. The van der Waals surface area contributed by atoms with Gasteiger partial charge < -0.3 is 21.7 Å². The zero-order valence-corrected chi connectivity index (χ0v) is 17.1. The predicted molar refractivity (Wildman–Crippen MR) is 129 cm³/mol. The van der Waals surface area contributed by atoms with E-state index in [0.717, 1.165) is 11.1 Å². The highest BCUT2D eigenvalue weighted by Gasteiger charge is 2.14. The van der Waals surface area contributed by atoms with Crippen LogP contribution in [0.3, 0.4) is 0 Å². The number of benzene rings is 4. The van der Waals surface area contributed by atoms with Crippen LogP contribution in [0.2, 0.25) is 0 Å². The highest BCUT2D eigenvalue weighted by Crippen LogP contribution is 2.37. The molecule has 0 saturated carbocycles. The van der Waals surface area contributed by atoms with Crippen LogP contribution in [0.15, 0.2) is 84.9 Å². The van der Waals surface area contributed by atoms with Crippen LogP contribution >= 0.6 is 0 Å². The molecule has 0 aliphatic carbocycles. The summed E-state index contributed by atoms with van der Waals surface area (Å²) < 4.78 is 0. The van der Waals surface area contributed by atoms with Crippen LogP contribution in [0.4, 0.5) is 11.4 Å². The standard InChI is InChI=1S/C28H20N2O2/c29-25-15-21(13-11-19-7-3-1-4-8-19)23(17-27(25)31)24-18-28(32)26(30)16-22(24)14-12-20-9-5-2-6-10-20/h1-10,15-18,31-32H,29-30H2. The van der Waals surface area contributed by atoms with Crippen molar-refractivity contribution >= 4 is 11.4 Å². The average molecular weight is 416 g/mol. The first-order chi connectivity index (χ1) is 15.5. The van der Waals surface area contributed by atoms with E-state index in [9.17, 15) is 10.2 Å². The van der Waals surface area contributed by atoms with Crippen molar-refractivity contribution in [2.45, 2.75) is 0 Å². The molecule has 4 rings (SSSR count). The Morgan fingerprint density at radius 1 is 0.500 bits per heavy atom. The molecule has 0 aliphatic rings. The van der Waals surface area contributed by atoms with E-state index in [0.29, 0.717) is 22.3 Å². The Morgan fingerprint density at radius 3 is 1.25 bits per heavy atom. The van der Waals surface area contributed by atoms with Gasteiger partial charge in [0.05, 0.1) is 11.4 Å². The molecule has 4 nitrogen and oxygen atoms in total. The maximum absolute atomic E-state index is 10.3. The molecule has 0 saturated heterocycles. The normalized spacial score (nSPS) is 9.88. The Balaban J connectivity index is 1.90. The fourth-order valence-electron chi connectivity index (χ4n) is 3.18. The summed E-state index contributed by atoms with van der Waals surface area (Å²) in [5.74, 6) is 12.3. The van der Waals surface area contributed by atoms with Crippen LogP contribution in [-0.2, 0) is 0 Å². The van der Waals surface area contributed by atoms with E-state index in [1.165, 1.54) is 12.1 Å². The minimum atomic E-state index is -0.0801. The molecule has 4 aromatic rings. The van der Waals surface area contributed by atoms with E-state index < -0.39 is 0 Å². The van der Waals surface area contributed by atoms with Crippen LogP contribution in [0.5, 0.6) is 11.5 Å². The van der Waals surface area contributed by atoms with Crippen molar-refractivity contribution in [2.24, 2.45) is 0 Å². The van der Waals surface area contributed by atoms with E-state index in [2.05, 4.69) is 23.7 Å². The van der Waals surface area contributed by atoms with Gasteiger partial charge in [-0.15, -0.1) is 0 Å². The van der Waals surface area contributed by atoms with Gasteiger partial charge in [-0.25, -0.2) is 0 Å². The second-order valence-electron chi connectivity index (χ2n) is 7.15. The van der Waals surface area contributed by atoms with Gasteiger partial charge in [0.2, 0.25) is 0 Å². The molecule has 0 amide bonds. The molecule has 154 valence electrons. The lowest BCUT2D eigenvalue weighted by Gasteiger charge is -2.12. The van der Waals surface area contributed by atoms with Gasteiger partial charge >= 0.3 is 0 Å². The molecular formula is C28H20N2O2. The van der Waals surface area contributed by atoms with Gasteiger partial charge in [-0.3, -0.25) is 0 Å². The minimum absolute atomic E-state index is 0.0801. The van der Waals surface area contributed by atoms with Crippen molar-refractivity contribution < 1.29 is 10.2 Å². The molecule has 0 aromatic heterocycles. The van der Waals surface area contributed by atoms with Crippen LogP contribution < -0.4 is 11.5 Å². The van der Waals surface area contributed by atoms with E-state index in [4.69, 9.17) is 11.5 Å². The Kier molecular flexibility index (Phi) is 5.70. The van der Waals surface area contributed by atoms with Gasteiger partial charge in [0.1, 0.15) is 11.5 Å². The van der Waals surface area contributed by atoms with Gasteiger partial charge in [-0.1, -0.05) is 60.1 Å². The van der Waals surface area contributed by atoms with Crippen molar-refractivity contribution in [1.82, 2.24) is 0 Å².